The molecule has 0 bridgehead atoms. The molecule has 0 aliphatic rings. The third-order valence-corrected chi connectivity index (χ3v) is 1.20. The number of halogens is 1. The standard InChI is InChI=1S/C8H8O2.FH/c9-8(10)6-7-4-2-1-3-5-7;/h1-5H,6H2,(H,9,10);1H. The number of benzene rings is 1. The van der Waals surface area contributed by atoms with Crippen molar-refractivity contribution in [2.24, 2.45) is 0 Å². The summed E-state index contributed by atoms with van der Waals surface area (Å²) < 4.78 is 0. The van der Waals surface area contributed by atoms with Crippen LogP contribution in [-0.2, 0) is 11.2 Å². The van der Waals surface area contributed by atoms with Gasteiger partial charge in [0.05, 0.1) is 6.42 Å². The summed E-state index contributed by atoms with van der Waals surface area (Å²) in [5.74, 6) is -0.786. The fourth-order valence-electron chi connectivity index (χ4n) is 0.770. The number of aliphatic carboxylic acids is 1. The maximum Gasteiger partial charge on any atom is 0.307 e. The normalized spacial score (nSPS) is 8.36. The maximum absolute atomic E-state index is 10.2. The number of rotatable bonds is 2. The van der Waals surface area contributed by atoms with Gasteiger partial charge in [-0.2, -0.15) is 0 Å². The van der Waals surface area contributed by atoms with Crippen LogP contribution in [0.2, 0.25) is 0 Å². The third kappa shape index (κ3) is 3.35. The molecule has 0 unspecified atom stereocenters. The first-order valence-electron chi connectivity index (χ1n) is 3.05. The second kappa shape index (κ2) is 4.44. The second-order valence-corrected chi connectivity index (χ2v) is 2.06. The summed E-state index contributed by atoms with van der Waals surface area (Å²) >= 11 is 0. The first-order valence-corrected chi connectivity index (χ1v) is 3.05. The van der Waals surface area contributed by atoms with Gasteiger partial charge in [0.15, 0.2) is 0 Å². The Labute approximate surface area is 63.8 Å². The van der Waals surface area contributed by atoms with E-state index < -0.39 is 5.97 Å². The van der Waals surface area contributed by atoms with Crippen LogP contribution in [-0.4, -0.2) is 11.1 Å². The average Bonchev–Trinajstić information content (AvgIpc) is 1.88. The Kier molecular flexibility index (Phi) is 3.88. The monoisotopic (exact) mass is 156 g/mol. The fraction of sp³-hybridized carbons (Fsp3) is 0.125. The van der Waals surface area contributed by atoms with Crippen molar-refractivity contribution in [3.63, 3.8) is 0 Å². The summed E-state index contributed by atoms with van der Waals surface area (Å²) in [6.45, 7) is 0. The van der Waals surface area contributed by atoms with Gasteiger partial charge in [0.2, 0.25) is 0 Å². The number of hydrogen-bond donors (Lipinski definition) is 1. The highest BCUT2D eigenvalue weighted by molar-refractivity contribution is 5.70. The number of hydrogen-bond acceptors (Lipinski definition) is 1. The highest BCUT2D eigenvalue weighted by Gasteiger charge is 1.96. The van der Waals surface area contributed by atoms with Crippen LogP contribution in [0, 0.1) is 0 Å². The number of carboxylic acid groups (broad SMARTS) is 1. The fourth-order valence-corrected chi connectivity index (χ4v) is 0.770. The molecule has 0 spiro atoms. The molecular weight excluding hydrogens is 147 g/mol. The zero-order valence-corrected chi connectivity index (χ0v) is 5.86. The summed E-state index contributed by atoms with van der Waals surface area (Å²) in [6, 6.07) is 9.13. The highest BCUT2D eigenvalue weighted by atomic mass is 19.0. The van der Waals surface area contributed by atoms with Gasteiger partial charge in [-0.3, -0.25) is 9.50 Å². The molecule has 1 N–H and O–H groups in total. The van der Waals surface area contributed by atoms with Crippen LogP contribution in [0.1, 0.15) is 5.56 Å². The third-order valence-electron chi connectivity index (χ3n) is 1.20. The zero-order valence-electron chi connectivity index (χ0n) is 5.86. The van der Waals surface area contributed by atoms with E-state index in [1.54, 1.807) is 12.1 Å². The predicted octanol–water partition coefficient (Wildman–Crippen LogP) is 1.47. The minimum absolute atomic E-state index is 0. The zero-order chi connectivity index (χ0) is 7.40. The van der Waals surface area contributed by atoms with Crippen molar-refractivity contribution in [3.05, 3.63) is 35.9 Å². The lowest BCUT2D eigenvalue weighted by Gasteiger charge is -1.92. The van der Waals surface area contributed by atoms with Crippen molar-refractivity contribution in [1.29, 1.82) is 0 Å². The van der Waals surface area contributed by atoms with Crippen LogP contribution in [0.4, 0.5) is 4.70 Å². The molecule has 0 aliphatic heterocycles. The molecule has 1 rings (SSSR count). The molecule has 60 valence electrons. The summed E-state index contributed by atoms with van der Waals surface area (Å²) in [5, 5.41) is 8.37. The van der Waals surface area contributed by atoms with Gasteiger partial charge in [-0.1, -0.05) is 30.3 Å². The Morgan fingerprint density at radius 2 is 1.82 bits per heavy atom. The van der Waals surface area contributed by atoms with E-state index >= 15 is 0 Å². The van der Waals surface area contributed by atoms with Crippen LogP contribution < -0.4 is 0 Å². The van der Waals surface area contributed by atoms with Crippen molar-refractivity contribution in [1.82, 2.24) is 0 Å². The summed E-state index contributed by atoms with van der Waals surface area (Å²) in [6.07, 6.45) is 0.112. The lowest BCUT2D eigenvalue weighted by molar-refractivity contribution is -0.136. The smallest absolute Gasteiger partial charge is 0.307 e. The van der Waals surface area contributed by atoms with E-state index in [1.807, 2.05) is 18.2 Å². The van der Waals surface area contributed by atoms with E-state index in [-0.39, 0.29) is 11.1 Å². The molecule has 0 aliphatic carbocycles. The van der Waals surface area contributed by atoms with Gasteiger partial charge in [-0.05, 0) is 5.56 Å². The maximum atomic E-state index is 10.2. The Balaban J connectivity index is 0.000001000. The van der Waals surface area contributed by atoms with Crippen molar-refractivity contribution >= 4 is 5.97 Å². The molecule has 0 saturated carbocycles. The van der Waals surface area contributed by atoms with E-state index in [1.165, 1.54) is 0 Å². The summed E-state index contributed by atoms with van der Waals surface area (Å²) in [7, 11) is 0. The van der Waals surface area contributed by atoms with Crippen molar-refractivity contribution < 1.29 is 14.6 Å². The predicted molar refractivity (Wildman–Crippen MR) is 40.3 cm³/mol. The quantitative estimate of drug-likeness (QED) is 0.703. The first-order chi connectivity index (χ1) is 4.79. The Morgan fingerprint density at radius 3 is 2.27 bits per heavy atom. The minimum atomic E-state index is -0.786. The van der Waals surface area contributed by atoms with Gasteiger partial charge in [0.1, 0.15) is 0 Å². The van der Waals surface area contributed by atoms with Crippen LogP contribution in [0.3, 0.4) is 0 Å². The average molecular weight is 156 g/mol. The summed E-state index contributed by atoms with van der Waals surface area (Å²) in [4.78, 5) is 10.2. The lowest BCUT2D eigenvalue weighted by Crippen LogP contribution is -1.98. The van der Waals surface area contributed by atoms with Crippen LogP contribution >= 0.6 is 0 Å². The topological polar surface area (TPSA) is 37.3 Å². The van der Waals surface area contributed by atoms with Crippen LogP contribution in [0.5, 0.6) is 0 Å². The molecule has 0 amide bonds. The largest absolute Gasteiger partial charge is 0.481 e. The molecule has 0 atom stereocenters. The van der Waals surface area contributed by atoms with Crippen molar-refractivity contribution in [2.75, 3.05) is 0 Å². The van der Waals surface area contributed by atoms with Crippen LogP contribution in [0.15, 0.2) is 30.3 Å². The van der Waals surface area contributed by atoms with E-state index in [4.69, 9.17) is 5.11 Å². The number of carbonyl (C=O) groups is 1. The van der Waals surface area contributed by atoms with E-state index in [2.05, 4.69) is 0 Å². The van der Waals surface area contributed by atoms with Crippen molar-refractivity contribution in [3.8, 4) is 0 Å². The number of carboxylic acids is 1. The van der Waals surface area contributed by atoms with Gasteiger partial charge in [-0.15, -0.1) is 0 Å². The minimum Gasteiger partial charge on any atom is -0.481 e. The molecule has 0 aromatic heterocycles. The molecule has 1 aromatic rings. The van der Waals surface area contributed by atoms with Gasteiger partial charge in [-0.25, -0.2) is 0 Å². The van der Waals surface area contributed by atoms with E-state index in [0.717, 1.165) is 5.56 Å². The van der Waals surface area contributed by atoms with Gasteiger partial charge in [0, 0.05) is 0 Å². The first kappa shape index (κ1) is 9.62. The molecule has 1 aromatic carbocycles. The Hall–Kier alpha value is -1.38. The second-order valence-electron chi connectivity index (χ2n) is 2.06. The lowest BCUT2D eigenvalue weighted by atomic mass is 10.2. The van der Waals surface area contributed by atoms with Crippen molar-refractivity contribution in [2.45, 2.75) is 6.42 Å². The van der Waals surface area contributed by atoms with Gasteiger partial charge >= 0.3 is 5.97 Å². The van der Waals surface area contributed by atoms with Gasteiger partial charge in [0.25, 0.3) is 0 Å². The molecule has 2 nitrogen and oxygen atoms in total. The molecule has 0 saturated heterocycles. The van der Waals surface area contributed by atoms with E-state index in [9.17, 15) is 4.79 Å². The molecular formula is C8H9FO2. The van der Waals surface area contributed by atoms with Crippen LogP contribution in [0.25, 0.3) is 0 Å². The summed E-state index contributed by atoms with van der Waals surface area (Å²) in [5.41, 5.74) is 0.843. The Morgan fingerprint density at radius 1 is 1.27 bits per heavy atom. The molecule has 3 heteroatoms. The van der Waals surface area contributed by atoms with Gasteiger partial charge < -0.3 is 5.11 Å². The highest BCUT2D eigenvalue weighted by Crippen LogP contribution is 1.98. The SMILES string of the molecule is F.O=C(O)Cc1ccccc1. The molecule has 0 radical (unpaired) electrons. The van der Waals surface area contributed by atoms with E-state index in [0.29, 0.717) is 0 Å². The molecule has 0 heterocycles. The molecule has 11 heavy (non-hydrogen) atoms. The molecule has 0 fully saturated rings. The Bertz CT molecular complexity index is 221.